The third-order valence-corrected chi connectivity index (χ3v) is 8.64. The number of non-ortho nitro benzene ring substituents is 1. The van der Waals surface area contributed by atoms with E-state index in [2.05, 4.69) is 20.7 Å². The van der Waals surface area contributed by atoms with Crippen LogP contribution in [-0.2, 0) is 21.2 Å². The van der Waals surface area contributed by atoms with E-state index in [4.69, 9.17) is 0 Å². The van der Waals surface area contributed by atoms with Crippen LogP contribution in [0.25, 0.3) is 0 Å². The largest absolute Gasteiger partial charge is 0.481 e. The first-order valence-corrected chi connectivity index (χ1v) is 12.3. The van der Waals surface area contributed by atoms with Crippen molar-refractivity contribution in [2.75, 3.05) is 6.54 Å². The van der Waals surface area contributed by atoms with Gasteiger partial charge in [0, 0.05) is 18.7 Å². The number of carboxylic acid groups (broad SMARTS) is 1. The molecule has 1 fully saturated rings. The van der Waals surface area contributed by atoms with Gasteiger partial charge in [-0.1, -0.05) is 29.8 Å². The molecule has 0 radical (unpaired) electrons. The lowest BCUT2D eigenvalue weighted by atomic mass is 9.69. The first-order valence-electron chi connectivity index (χ1n) is 10.9. The molecule has 1 saturated heterocycles. The monoisotopic (exact) mass is 500 g/mol. The predicted octanol–water partition coefficient (Wildman–Crippen LogP) is 3.92. The molecule has 1 unspecified atom stereocenters. The molecule has 184 valence electrons. The molecule has 2 aromatic carbocycles. The van der Waals surface area contributed by atoms with E-state index in [0.717, 1.165) is 5.56 Å². The Hall–Kier alpha value is -3.58. The average molecular weight is 501 g/mol. The smallest absolute Gasteiger partial charge is 0.314 e. The fraction of sp³-hybridized carbons (Fsp3) is 0.409. The third-order valence-electron chi connectivity index (χ3n) is 6.72. The molecule has 1 N–H and O–H groups in total. The third kappa shape index (κ3) is 4.10. The zero-order valence-corrected chi connectivity index (χ0v) is 19.9. The van der Waals surface area contributed by atoms with Crippen molar-refractivity contribution in [2.45, 2.75) is 49.7 Å². The topological polar surface area (TPSA) is 167 Å². The molecule has 0 aromatic heterocycles. The molecule has 35 heavy (non-hydrogen) atoms. The second-order valence-corrected chi connectivity index (χ2v) is 10.8. The summed E-state index contributed by atoms with van der Waals surface area (Å²) in [5.74, 6) is -1.27. The van der Waals surface area contributed by atoms with Crippen LogP contribution in [-0.4, -0.2) is 47.0 Å². The SMILES string of the molecule is Cc1ccc(S(=O)(=O)N2CCCC2C2([C@](C)(Cc3ccc([N+](=O)[O-])cc3)C(=O)O)N=NN=N2)cc1. The van der Waals surface area contributed by atoms with Gasteiger partial charge in [0.2, 0.25) is 15.7 Å². The van der Waals surface area contributed by atoms with E-state index >= 15 is 0 Å². The fourth-order valence-corrected chi connectivity index (χ4v) is 6.41. The van der Waals surface area contributed by atoms with E-state index in [1.54, 1.807) is 12.1 Å². The molecule has 0 bridgehead atoms. The molecule has 2 aliphatic heterocycles. The maximum absolute atomic E-state index is 13.6. The molecule has 0 spiro atoms. The Morgan fingerprint density at radius 2 is 1.77 bits per heavy atom. The maximum Gasteiger partial charge on any atom is 0.314 e. The first-order chi connectivity index (χ1) is 16.5. The highest BCUT2D eigenvalue weighted by Gasteiger charge is 2.64. The Labute approximate surface area is 201 Å². The number of benzene rings is 2. The first kappa shape index (κ1) is 24.5. The lowest BCUT2D eigenvalue weighted by molar-refractivity contribution is -0.384. The summed E-state index contributed by atoms with van der Waals surface area (Å²) in [6, 6.07) is 11.0. The van der Waals surface area contributed by atoms with Crippen LogP contribution >= 0.6 is 0 Å². The van der Waals surface area contributed by atoms with Gasteiger partial charge in [0.05, 0.1) is 15.9 Å². The van der Waals surface area contributed by atoms with Gasteiger partial charge in [0.1, 0.15) is 5.41 Å². The van der Waals surface area contributed by atoms with Crippen LogP contribution in [0.5, 0.6) is 0 Å². The molecule has 0 amide bonds. The zero-order valence-electron chi connectivity index (χ0n) is 19.1. The number of hydrogen-bond donors (Lipinski definition) is 1. The summed E-state index contributed by atoms with van der Waals surface area (Å²) in [6.45, 7) is 3.44. The molecule has 2 heterocycles. The second-order valence-electron chi connectivity index (χ2n) is 8.93. The number of carboxylic acids is 1. The molecule has 2 atom stereocenters. The van der Waals surface area contributed by atoms with Gasteiger partial charge in [-0.25, -0.2) is 8.42 Å². The number of nitro groups is 1. The van der Waals surface area contributed by atoms with Gasteiger partial charge in [0.15, 0.2) is 0 Å². The Morgan fingerprint density at radius 1 is 1.17 bits per heavy atom. The minimum Gasteiger partial charge on any atom is -0.481 e. The quantitative estimate of drug-likeness (QED) is 0.426. The van der Waals surface area contributed by atoms with Crippen molar-refractivity contribution >= 4 is 21.7 Å². The van der Waals surface area contributed by atoms with Crippen molar-refractivity contribution in [3.8, 4) is 0 Å². The number of aryl methyl sites for hydroxylation is 1. The fourth-order valence-electron chi connectivity index (χ4n) is 4.70. The van der Waals surface area contributed by atoms with Gasteiger partial charge in [-0.2, -0.15) is 4.31 Å². The summed E-state index contributed by atoms with van der Waals surface area (Å²) in [5, 5.41) is 36.9. The molecule has 13 heteroatoms. The van der Waals surface area contributed by atoms with Crippen molar-refractivity contribution < 1.29 is 23.2 Å². The van der Waals surface area contributed by atoms with E-state index in [9.17, 15) is 28.4 Å². The number of carbonyl (C=O) groups is 1. The van der Waals surface area contributed by atoms with Crippen molar-refractivity contribution in [1.29, 1.82) is 0 Å². The summed E-state index contributed by atoms with van der Waals surface area (Å²) in [7, 11) is -3.99. The van der Waals surface area contributed by atoms with E-state index in [0.29, 0.717) is 18.4 Å². The molecular formula is C22H24N6O6S. The second kappa shape index (κ2) is 8.89. The minimum atomic E-state index is -3.99. The van der Waals surface area contributed by atoms with Crippen molar-refractivity contribution in [3.05, 3.63) is 69.8 Å². The molecular weight excluding hydrogens is 476 g/mol. The lowest BCUT2D eigenvalue weighted by Gasteiger charge is -2.42. The van der Waals surface area contributed by atoms with E-state index < -0.39 is 38.0 Å². The number of hydrogen-bond acceptors (Lipinski definition) is 9. The highest BCUT2D eigenvalue weighted by Crippen LogP contribution is 2.50. The van der Waals surface area contributed by atoms with Gasteiger partial charge >= 0.3 is 5.97 Å². The normalized spacial score (nSPS) is 21.1. The Morgan fingerprint density at radius 3 is 2.31 bits per heavy atom. The Balaban J connectivity index is 1.77. The molecule has 0 aliphatic carbocycles. The van der Waals surface area contributed by atoms with Crippen molar-refractivity contribution in [2.24, 2.45) is 26.1 Å². The van der Waals surface area contributed by atoms with Crippen LogP contribution in [0.2, 0.25) is 0 Å². The molecule has 2 aliphatic rings. The summed E-state index contributed by atoms with van der Waals surface area (Å²) >= 11 is 0. The average Bonchev–Trinajstić information content (AvgIpc) is 3.50. The zero-order chi connectivity index (χ0) is 25.4. The van der Waals surface area contributed by atoms with Gasteiger partial charge in [-0.15, -0.1) is 10.2 Å². The number of nitro benzene ring substituents is 1. The lowest BCUT2D eigenvalue weighted by Crippen LogP contribution is -2.60. The maximum atomic E-state index is 13.6. The number of rotatable bonds is 8. The van der Waals surface area contributed by atoms with Gasteiger partial charge < -0.3 is 5.11 Å². The van der Waals surface area contributed by atoms with Crippen LogP contribution in [0.4, 0.5) is 5.69 Å². The van der Waals surface area contributed by atoms with E-state index in [-0.39, 0.29) is 23.5 Å². The number of aliphatic carboxylic acids is 1. The molecule has 0 saturated carbocycles. The summed E-state index contributed by atoms with van der Waals surface area (Å²) in [5.41, 5.74) is -2.33. The summed E-state index contributed by atoms with van der Waals surface area (Å²) in [4.78, 5) is 23.3. The molecule has 2 aromatic rings. The van der Waals surface area contributed by atoms with Crippen LogP contribution in [0.1, 0.15) is 30.9 Å². The van der Waals surface area contributed by atoms with Gasteiger partial charge in [0.25, 0.3) is 5.69 Å². The summed E-state index contributed by atoms with van der Waals surface area (Å²) < 4.78 is 28.4. The van der Waals surface area contributed by atoms with Crippen molar-refractivity contribution in [3.63, 3.8) is 0 Å². The minimum absolute atomic E-state index is 0.0874. The Bertz CT molecular complexity index is 1300. The summed E-state index contributed by atoms with van der Waals surface area (Å²) in [6.07, 6.45) is 0.662. The van der Waals surface area contributed by atoms with E-state index in [1.807, 2.05) is 6.92 Å². The van der Waals surface area contributed by atoms with E-state index in [1.165, 1.54) is 47.6 Å². The number of nitrogens with zero attached hydrogens (tertiary/aromatic N) is 6. The van der Waals surface area contributed by atoms with Crippen LogP contribution in [0.15, 0.2) is 74.1 Å². The van der Waals surface area contributed by atoms with Crippen LogP contribution < -0.4 is 0 Å². The molecule has 4 rings (SSSR count). The standard InChI is InChI=1S/C22H24N6O6S/c1-15-5-11-18(12-6-15)35(33,34)27-13-3-4-19(27)22(23-25-26-24-22)21(2,20(29)30)14-16-7-9-17(10-8-16)28(31)32/h5-12,19H,3-4,13-14H2,1-2H3,(H,29,30)/t19?,21-/m1/s1. The highest BCUT2D eigenvalue weighted by atomic mass is 32.2. The van der Waals surface area contributed by atoms with Crippen molar-refractivity contribution in [1.82, 2.24) is 4.31 Å². The highest BCUT2D eigenvalue weighted by molar-refractivity contribution is 7.89. The van der Waals surface area contributed by atoms with Gasteiger partial charge in [-0.3, -0.25) is 14.9 Å². The van der Waals surface area contributed by atoms with Crippen LogP contribution in [0.3, 0.4) is 0 Å². The van der Waals surface area contributed by atoms with Crippen LogP contribution in [0, 0.1) is 22.5 Å². The predicted molar refractivity (Wildman–Crippen MR) is 123 cm³/mol. The molecule has 12 nitrogen and oxygen atoms in total. The Kier molecular flexibility index (Phi) is 6.23. The number of sulfonamides is 1. The van der Waals surface area contributed by atoms with Gasteiger partial charge in [-0.05, 0) is 61.3 Å².